The first-order chi connectivity index (χ1) is 8.77. The summed E-state index contributed by atoms with van der Waals surface area (Å²) in [6.45, 7) is 5.88. The van der Waals surface area contributed by atoms with E-state index in [2.05, 4.69) is 0 Å². The van der Waals surface area contributed by atoms with Gasteiger partial charge in [0.2, 0.25) is 0 Å². The second-order valence-electron chi connectivity index (χ2n) is 4.90. The summed E-state index contributed by atoms with van der Waals surface area (Å²) in [6, 6.07) is 4.37. The highest BCUT2D eigenvalue weighted by atomic mass is 16.6. The molecule has 1 unspecified atom stereocenters. The minimum absolute atomic E-state index is 0.00134. The van der Waals surface area contributed by atoms with Crippen molar-refractivity contribution in [3.05, 3.63) is 33.9 Å². The van der Waals surface area contributed by atoms with Gasteiger partial charge in [-0.15, -0.1) is 0 Å². The zero-order chi connectivity index (χ0) is 14.7. The third-order valence-electron chi connectivity index (χ3n) is 3.38. The van der Waals surface area contributed by atoms with E-state index in [0.29, 0.717) is 0 Å². The van der Waals surface area contributed by atoms with Gasteiger partial charge in [0, 0.05) is 13.1 Å². The Kier molecular flexibility index (Phi) is 4.47. The van der Waals surface area contributed by atoms with Gasteiger partial charge >= 0.3 is 5.69 Å². The van der Waals surface area contributed by atoms with Gasteiger partial charge in [0.05, 0.1) is 4.92 Å². The number of nitrogen functional groups attached to an aromatic ring is 1. The van der Waals surface area contributed by atoms with Crippen LogP contribution in [0.4, 0.5) is 11.4 Å². The molecule has 0 saturated heterocycles. The van der Waals surface area contributed by atoms with Crippen molar-refractivity contribution < 1.29 is 9.72 Å². The van der Waals surface area contributed by atoms with Gasteiger partial charge in [0.25, 0.3) is 5.91 Å². The van der Waals surface area contributed by atoms with Crippen molar-refractivity contribution >= 4 is 17.3 Å². The summed E-state index contributed by atoms with van der Waals surface area (Å²) in [5.74, 6) is -0.130. The van der Waals surface area contributed by atoms with Crippen LogP contribution in [0.1, 0.15) is 31.1 Å². The van der Waals surface area contributed by atoms with Crippen LogP contribution in [-0.4, -0.2) is 28.8 Å². The molecule has 19 heavy (non-hydrogen) atoms. The zero-order valence-corrected chi connectivity index (χ0v) is 11.6. The van der Waals surface area contributed by atoms with Gasteiger partial charge in [-0.1, -0.05) is 19.9 Å². The number of hydrogen-bond donors (Lipinski definition) is 1. The lowest BCUT2D eigenvalue weighted by molar-refractivity contribution is -0.384. The van der Waals surface area contributed by atoms with Gasteiger partial charge in [-0.25, -0.2) is 0 Å². The van der Waals surface area contributed by atoms with E-state index in [1.54, 1.807) is 13.1 Å². The van der Waals surface area contributed by atoms with E-state index < -0.39 is 4.92 Å². The average molecular weight is 265 g/mol. The number of carbonyl (C=O) groups excluding carboxylic acids is 1. The second-order valence-corrected chi connectivity index (χ2v) is 4.90. The molecule has 0 aliphatic carbocycles. The number of benzene rings is 1. The van der Waals surface area contributed by atoms with Crippen LogP contribution < -0.4 is 5.73 Å². The molecule has 1 aromatic rings. The Morgan fingerprint density at radius 2 is 1.95 bits per heavy atom. The van der Waals surface area contributed by atoms with Crippen LogP contribution in [0.2, 0.25) is 0 Å². The number of para-hydroxylation sites is 1. The lowest BCUT2D eigenvalue weighted by Gasteiger charge is -2.28. The molecule has 0 heterocycles. The third-order valence-corrected chi connectivity index (χ3v) is 3.38. The molecule has 2 N–H and O–H groups in total. The molecule has 1 rings (SSSR count). The predicted molar refractivity (Wildman–Crippen MR) is 73.9 cm³/mol. The molecule has 0 aromatic heterocycles. The number of nitro benzene ring substituents is 1. The number of rotatable bonds is 4. The van der Waals surface area contributed by atoms with E-state index in [0.717, 1.165) is 0 Å². The van der Waals surface area contributed by atoms with E-state index in [-0.39, 0.29) is 34.8 Å². The molecule has 0 saturated carbocycles. The van der Waals surface area contributed by atoms with Gasteiger partial charge in [0.15, 0.2) is 0 Å². The molecule has 0 fully saturated rings. The van der Waals surface area contributed by atoms with E-state index >= 15 is 0 Å². The van der Waals surface area contributed by atoms with Gasteiger partial charge in [-0.2, -0.15) is 0 Å². The molecule has 6 nitrogen and oxygen atoms in total. The van der Waals surface area contributed by atoms with E-state index in [9.17, 15) is 14.9 Å². The van der Waals surface area contributed by atoms with E-state index in [4.69, 9.17) is 5.73 Å². The average Bonchev–Trinajstić information content (AvgIpc) is 2.35. The third kappa shape index (κ3) is 3.01. The topological polar surface area (TPSA) is 89.5 Å². The molecule has 0 spiro atoms. The van der Waals surface area contributed by atoms with Crippen molar-refractivity contribution in [3.8, 4) is 0 Å². The fraction of sp³-hybridized carbons (Fsp3) is 0.462. The van der Waals surface area contributed by atoms with E-state index in [1.165, 1.54) is 17.0 Å². The van der Waals surface area contributed by atoms with Crippen molar-refractivity contribution in [1.29, 1.82) is 0 Å². The molecule has 0 radical (unpaired) electrons. The fourth-order valence-electron chi connectivity index (χ4n) is 1.76. The van der Waals surface area contributed by atoms with Gasteiger partial charge in [-0.05, 0) is 25.0 Å². The first kappa shape index (κ1) is 14.9. The number of nitro groups is 1. The predicted octanol–water partition coefficient (Wildman–Crippen LogP) is 2.29. The summed E-state index contributed by atoms with van der Waals surface area (Å²) in [5.41, 5.74) is 5.29. The lowest BCUT2D eigenvalue weighted by atomic mass is 10.0. The maximum absolute atomic E-state index is 12.3. The Hall–Kier alpha value is -2.11. The van der Waals surface area contributed by atoms with Gasteiger partial charge < -0.3 is 10.6 Å². The summed E-state index contributed by atoms with van der Waals surface area (Å²) < 4.78 is 0. The summed E-state index contributed by atoms with van der Waals surface area (Å²) >= 11 is 0. The number of nitrogens with zero attached hydrogens (tertiary/aromatic N) is 2. The quantitative estimate of drug-likeness (QED) is 0.514. The Bertz CT molecular complexity index is 500. The minimum atomic E-state index is -0.615. The molecular formula is C13H19N3O3. The molecule has 6 heteroatoms. The Morgan fingerprint density at radius 1 is 1.37 bits per heavy atom. The highest BCUT2D eigenvalue weighted by Gasteiger charge is 2.28. The highest BCUT2D eigenvalue weighted by Crippen LogP contribution is 2.27. The molecular weight excluding hydrogens is 246 g/mol. The first-order valence-electron chi connectivity index (χ1n) is 6.07. The standard InChI is InChI=1S/C13H19N3O3/c1-8(2)9(3)15(4)13(17)10-6-5-7-11(14)12(10)16(18)19/h5-9H,14H2,1-4H3. The second kappa shape index (κ2) is 5.69. The lowest BCUT2D eigenvalue weighted by Crippen LogP contribution is -2.38. The number of amides is 1. The van der Waals surface area contributed by atoms with Crippen LogP contribution in [0.15, 0.2) is 18.2 Å². The molecule has 1 aromatic carbocycles. The monoisotopic (exact) mass is 265 g/mol. The van der Waals surface area contributed by atoms with Crippen LogP contribution in [-0.2, 0) is 0 Å². The summed E-state index contributed by atoms with van der Waals surface area (Å²) in [7, 11) is 1.64. The van der Waals surface area contributed by atoms with Crippen molar-refractivity contribution in [1.82, 2.24) is 4.90 Å². The maximum Gasteiger partial charge on any atom is 0.304 e. The summed E-state index contributed by atoms with van der Waals surface area (Å²) in [6.07, 6.45) is 0. The normalized spacial score (nSPS) is 12.3. The number of hydrogen-bond acceptors (Lipinski definition) is 4. The van der Waals surface area contributed by atoms with Crippen molar-refractivity contribution in [2.24, 2.45) is 5.92 Å². The first-order valence-corrected chi connectivity index (χ1v) is 6.07. The van der Waals surface area contributed by atoms with Gasteiger partial charge in [0.1, 0.15) is 11.3 Å². The van der Waals surface area contributed by atoms with E-state index in [1.807, 2.05) is 20.8 Å². The molecule has 104 valence electrons. The van der Waals surface area contributed by atoms with Crippen LogP contribution in [0.5, 0.6) is 0 Å². The largest absolute Gasteiger partial charge is 0.393 e. The Morgan fingerprint density at radius 3 is 2.42 bits per heavy atom. The summed E-state index contributed by atoms with van der Waals surface area (Å²) in [5, 5.41) is 11.0. The van der Waals surface area contributed by atoms with Gasteiger partial charge in [-0.3, -0.25) is 14.9 Å². The maximum atomic E-state index is 12.3. The number of nitrogens with two attached hydrogens (primary N) is 1. The van der Waals surface area contributed by atoms with Crippen molar-refractivity contribution in [2.75, 3.05) is 12.8 Å². The smallest absolute Gasteiger partial charge is 0.304 e. The van der Waals surface area contributed by atoms with Crippen LogP contribution in [0.3, 0.4) is 0 Å². The molecule has 0 aliphatic heterocycles. The zero-order valence-electron chi connectivity index (χ0n) is 11.6. The Balaban J connectivity index is 3.20. The number of anilines is 1. The SMILES string of the molecule is CC(C)C(C)N(C)C(=O)c1cccc(N)c1[N+](=O)[O-]. The Labute approximate surface area is 112 Å². The fourth-order valence-corrected chi connectivity index (χ4v) is 1.76. The molecule has 0 bridgehead atoms. The van der Waals surface area contributed by atoms with Crippen LogP contribution in [0, 0.1) is 16.0 Å². The highest BCUT2D eigenvalue weighted by molar-refractivity contribution is 6.00. The summed E-state index contributed by atoms with van der Waals surface area (Å²) in [4.78, 5) is 24.3. The van der Waals surface area contributed by atoms with Crippen LogP contribution >= 0.6 is 0 Å². The number of carbonyl (C=O) groups is 1. The van der Waals surface area contributed by atoms with Crippen molar-refractivity contribution in [3.63, 3.8) is 0 Å². The minimum Gasteiger partial charge on any atom is -0.393 e. The molecule has 1 amide bonds. The molecule has 1 atom stereocenters. The van der Waals surface area contributed by atoms with Crippen molar-refractivity contribution in [2.45, 2.75) is 26.8 Å². The van der Waals surface area contributed by atoms with Crippen LogP contribution in [0.25, 0.3) is 0 Å². The molecule has 0 aliphatic rings.